The zero-order valence-corrected chi connectivity index (χ0v) is 17.6. The van der Waals surface area contributed by atoms with E-state index in [0.29, 0.717) is 0 Å². The number of nitrogens with two attached hydrogens (primary N) is 1. The molecule has 1 fully saturated rings. The SMILES string of the molecule is CCOC(=O)[C@H](OC[C@H]1O[C@@H](n2cnc3c(N)nc(C(F)(F)F)nc32)[C@H](O)[C@@H]1O)P(=O)(O)O. The van der Waals surface area contributed by atoms with E-state index in [1.165, 1.54) is 6.92 Å². The summed E-state index contributed by atoms with van der Waals surface area (Å²) in [7, 11) is -5.13. The summed E-state index contributed by atoms with van der Waals surface area (Å²) in [6.45, 7) is 0.414. The second-order valence-electron chi connectivity index (χ2n) is 6.83. The Balaban J connectivity index is 1.85. The second-order valence-corrected chi connectivity index (χ2v) is 8.47. The first-order valence-corrected chi connectivity index (χ1v) is 10.9. The van der Waals surface area contributed by atoms with Crippen LogP contribution in [-0.2, 0) is 29.7 Å². The van der Waals surface area contributed by atoms with Gasteiger partial charge >= 0.3 is 19.7 Å². The zero-order chi connectivity index (χ0) is 24.7. The molecule has 2 aromatic heterocycles. The average molecular weight is 501 g/mol. The highest BCUT2D eigenvalue weighted by molar-refractivity contribution is 7.53. The molecule has 6 N–H and O–H groups in total. The minimum atomic E-state index is -5.13. The highest BCUT2D eigenvalue weighted by atomic mass is 31.2. The van der Waals surface area contributed by atoms with Crippen molar-refractivity contribution in [1.82, 2.24) is 19.5 Å². The quantitative estimate of drug-likeness (QED) is 0.231. The molecule has 3 heterocycles. The van der Waals surface area contributed by atoms with E-state index in [9.17, 15) is 42.5 Å². The van der Waals surface area contributed by atoms with Gasteiger partial charge in [0.2, 0.25) is 5.82 Å². The molecule has 1 aliphatic heterocycles. The molecule has 0 aliphatic carbocycles. The molecule has 2 aromatic rings. The summed E-state index contributed by atoms with van der Waals surface area (Å²) in [6.07, 6.45) is -10.5. The van der Waals surface area contributed by atoms with Gasteiger partial charge < -0.3 is 39.9 Å². The molecule has 0 unspecified atom stereocenters. The number of carbonyl (C=O) groups excluding carboxylic acids is 1. The van der Waals surface area contributed by atoms with E-state index in [4.69, 9.17) is 15.2 Å². The highest BCUT2D eigenvalue weighted by Crippen LogP contribution is 2.43. The molecule has 3 rings (SSSR count). The number of imidazole rings is 1. The van der Waals surface area contributed by atoms with Crippen molar-refractivity contribution in [2.45, 2.75) is 43.5 Å². The van der Waals surface area contributed by atoms with Crippen LogP contribution in [0.3, 0.4) is 0 Å². The Labute approximate surface area is 182 Å². The average Bonchev–Trinajstić information content (AvgIpc) is 3.23. The fourth-order valence-electron chi connectivity index (χ4n) is 3.05. The van der Waals surface area contributed by atoms with Gasteiger partial charge in [-0.25, -0.2) is 19.7 Å². The van der Waals surface area contributed by atoms with Crippen molar-refractivity contribution in [2.24, 2.45) is 0 Å². The number of hydrogen-bond donors (Lipinski definition) is 5. The van der Waals surface area contributed by atoms with Crippen LogP contribution in [0, 0.1) is 0 Å². The van der Waals surface area contributed by atoms with E-state index in [-0.39, 0.29) is 12.1 Å². The Morgan fingerprint density at radius 3 is 2.58 bits per heavy atom. The lowest BCUT2D eigenvalue weighted by Gasteiger charge is -2.20. The van der Waals surface area contributed by atoms with Crippen LogP contribution in [-0.4, -0.2) is 82.9 Å². The van der Waals surface area contributed by atoms with E-state index >= 15 is 0 Å². The molecule has 0 radical (unpaired) electrons. The van der Waals surface area contributed by atoms with E-state index in [0.717, 1.165) is 10.9 Å². The number of esters is 1. The summed E-state index contributed by atoms with van der Waals surface area (Å²) in [4.78, 5) is 40.7. The maximum absolute atomic E-state index is 13.1. The lowest BCUT2D eigenvalue weighted by Crippen LogP contribution is -2.36. The normalized spacial score (nSPS) is 24.8. The van der Waals surface area contributed by atoms with Gasteiger partial charge in [-0.1, -0.05) is 0 Å². The first-order chi connectivity index (χ1) is 15.3. The molecule has 0 bridgehead atoms. The van der Waals surface area contributed by atoms with Gasteiger partial charge in [-0.3, -0.25) is 9.13 Å². The molecule has 0 spiro atoms. The Morgan fingerprint density at radius 1 is 1.33 bits per heavy atom. The first kappa shape index (κ1) is 25.2. The van der Waals surface area contributed by atoms with Crippen molar-refractivity contribution in [2.75, 3.05) is 18.9 Å². The molecule has 0 saturated carbocycles. The van der Waals surface area contributed by atoms with Crippen LogP contribution < -0.4 is 5.73 Å². The van der Waals surface area contributed by atoms with Crippen molar-refractivity contribution in [3.05, 3.63) is 12.2 Å². The van der Waals surface area contributed by atoms with E-state index in [1.54, 1.807) is 0 Å². The number of carbonyl (C=O) groups is 1. The number of aliphatic hydroxyl groups is 2. The summed E-state index contributed by atoms with van der Waals surface area (Å²) < 4.78 is 66.4. The van der Waals surface area contributed by atoms with Crippen LogP contribution in [0.2, 0.25) is 0 Å². The maximum Gasteiger partial charge on any atom is 0.451 e. The predicted molar refractivity (Wildman–Crippen MR) is 99.1 cm³/mol. The van der Waals surface area contributed by atoms with Crippen LogP contribution in [0.1, 0.15) is 19.0 Å². The van der Waals surface area contributed by atoms with Gasteiger partial charge in [0.25, 0.3) is 5.85 Å². The summed E-state index contributed by atoms with van der Waals surface area (Å²) in [5, 5.41) is 20.6. The van der Waals surface area contributed by atoms with Gasteiger partial charge in [0.1, 0.15) is 23.8 Å². The van der Waals surface area contributed by atoms with Crippen molar-refractivity contribution >= 4 is 30.5 Å². The number of nitrogens with zero attached hydrogens (tertiary/aromatic N) is 4. The molecule has 0 amide bonds. The number of alkyl halides is 3. The lowest BCUT2D eigenvalue weighted by atomic mass is 10.1. The van der Waals surface area contributed by atoms with Crippen molar-refractivity contribution in [3.8, 4) is 0 Å². The molecule has 1 aliphatic rings. The molecule has 184 valence electrons. The number of ether oxygens (including phenoxy) is 3. The number of aliphatic hydroxyl groups excluding tert-OH is 2. The molecule has 33 heavy (non-hydrogen) atoms. The molecular weight excluding hydrogens is 482 g/mol. The van der Waals surface area contributed by atoms with Crippen molar-refractivity contribution < 1.29 is 56.7 Å². The third kappa shape index (κ3) is 5.08. The van der Waals surface area contributed by atoms with Gasteiger partial charge in [0.05, 0.1) is 19.5 Å². The molecule has 18 heteroatoms. The Hall–Kier alpha value is -2.40. The molecule has 14 nitrogen and oxygen atoms in total. The van der Waals surface area contributed by atoms with Crippen LogP contribution in [0.15, 0.2) is 6.33 Å². The van der Waals surface area contributed by atoms with Gasteiger partial charge in [0, 0.05) is 0 Å². The summed E-state index contributed by atoms with van der Waals surface area (Å²) in [5.74, 6) is -5.83. The van der Waals surface area contributed by atoms with E-state index in [2.05, 4.69) is 19.7 Å². The highest BCUT2D eigenvalue weighted by Gasteiger charge is 2.47. The van der Waals surface area contributed by atoms with Gasteiger partial charge in [-0.2, -0.15) is 13.2 Å². The van der Waals surface area contributed by atoms with Gasteiger partial charge in [0.15, 0.2) is 17.7 Å². The van der Waals surface area contributed by atoms with Gasteiger partial charge in [-0.05, 0) is 6.92 Å². The second kappa shape index (κ2) is 9.09. The van der Waals surface area contributed by atoms with Crippen molar-refractivity contribution in [3.63, 3.8) is 0 Å². The fourth-order valence-corrected chi connectivity index (χ4v) is 3.68. The molecular formula is C15H19F3N5O9P. The summed E-state index contributed by atoms with van der Waals surface area (Å²) in [6, 6.07) is 0. The monoisotopic (exact) mass is 501 g/mol. The largest absolute Gasteiger partial charge is 0.464 e. The summed E-state index contributed by atoms with van der Waals surface area (Å²) >= 11 is 0. The molecule has 0 aromatic carbocycles. The van der Waals surface area contributed by atoms with Crippen LogP contribution in [0.25, 0.3) is 11.2 Å². The van der Waals surface area contributed by atoms with Crippen LogP contribution >= 0.6 is 7.60 Å². The minimum absolute atomic E-state index is 0.194. The van der Waals surface area contributed by atoms with Gasteiger partial charge in [-0.15, -0.1) is 0 Å². The zero-order valence-electron chi connectivity index (χ0n) is 16.7. The Kier molecular flexibility index (Phi) is 6.95. The number of aromatic nitrogens is 4. The minimum Gasteiger partial charge on any atom is -0.464 e. The molecule has 1 saturated heterocycles. The number of fused-ring (bicyclic) bond motifs is 1. The van der Waals surface area contributed by atoms with E-state index < -0.39 is 74.0 Å². The standard InChI is InChI=1S/C15H19F3N5O9P/c1-2-30-12(26)13(33(27,28)29)31-3-5-7(24)8(25)11(32-5)23-4-20-6-9(19)21-14(15(16,17)18)22-10(6)23/h4-5,7-8,11,13,24-25H,2-3H2,1H3,(H2,19,21,22)(H2,27,28,29)/t5-,7-,8-,11-,13-/m1/s1. The third-order valence-corrected chi connectivity index (χ3v) is 5.50. The Bertz CT molecular complexity index is 1080. The van der Waals surface area contributed by atoms with Crippen LogP contribution in [0.4, 0.5) is 19.0 Å². The van der Waals surface area contributed by atoms with E-state index in [1.807, 2.05) is 0 Å². The lowest BCUT2D eigenvalue weighted by molar-refractivity contribution is -0.155. The number of nitrogen functional groups attached to an aromatic ring is 1. The number of rotatable bonds is 7. The molecule has 5 atom stereocenters. The number of hydrogen-bond acceptors (Lipinski definition) is 11. The number of halogens is 3. The third-order valence-electron chi connectivity index (χ3n) is 4.53. The maximum atomic E-state index is 13.1. The van der Waals surface area contributed by atoms with Crippen LogP contribution in [0.5, 0.6) is 0 Å². The number of anilines is 1. The predicted octanol–water partition coefficient (Wildman–Crippen LogP) is -0.870. The first-order valence-electron chi connectivity index (χ1n) is 9.18. The van der Waals surface area contributed by atoms with Crippen molar-refractivity contribution in [1.29, 1.82) is 0 Å². The Morgan fingerprint density at radius 2 is 2.00 bits per heavy atom. The fraction of sp³-hybridized carbons (Fsp3) is 0.600. The topological polar surface area (TPSA) is 212 Å². The summed E-state index contributed by atoms with van der Waals surface area (Å²) in [5.41, 5.74) is 4.84. The smallest absolute Gasteiger partial charge is 0.451 e.